The molecule has 21 heavy (non-hydrogen) atoms. The lowest BCUT2D eigenvalue weighted by atomic mass is 9.75. The number of carbonyl (C=O) groups excluding carboxylic acids is 1. The number of carboxylic acids is 1. The molecule has 1 saturated heterocycles. The minimum Gasteiger partial charge on any atom is -0.480 e. The summed E-state index contributed by atoms with van der Waals surface area (Å²) in [5.74, 6) is 0.388. The predicted octanol–water partition coefficient (Wildman–Crippen LogP) is 2.66. The predicted molar refractivity (Wildman–Crippen MR) is 86.7 cm³/mol. The second-order valence-electron chi connectivity index (χ2n) is 6.75. The molecule has 0 aromatic rings. The third-order valence-electron chi connectivity index (χ3n) is 4.21. The van der Waals surface area contributed by atoms with Gasteiger partial charge in [-0.1, -0.05) is 20.8 Å². The van der Waals surface area contributed by atoms with Gasteiger partial charge in [-0.3, -0.25) is 0 Å². The number of hydrogen-bond donors (Lipinski definition) is 2. The van der Waals surface area contributed by atoms with Crippen molar-refractivity contribution in [2.24, 2.45) is 11.3 Å². The molecule has 0 aliphatic carbocycles. The lowest BCUT2D eigenvalue weighted by Gasteiger charge is -2.39. The van der Waals surface area contributed by atoms with E-state index in [1.165, 1.54) is 0 Å². The van der Waals surface area contributed by atoms with Crippen molar-refractivity contribution in [3.05, 3.63) is 0 Å². The number of piperidine rings is 1. The van der Waals surface area contributed by atoms with Crippen molar-refractivity contribution in [3.8, 4) is 0 Å². The van der Waals surface area contributed by atoms with Crippen molar-refractivity contribution in [3.63, 3.8) is 0 Å². The van der Waals surface area contributed by atoms with Gasteiger partial charge in [0, 0.05) is 13.1 Å². The third-order valence-corrected chi connectivity index (χ3v) is 4.86. The first-order valence-electron chi connectivity index (χ1n) is 7.53. The Morgan fingerprint density at radius 1 is 1.33 bits per heavy atom. The number of nitrogens with zero attached hydrogens (tertiary/aromatic N) is 1. The monoisotopic (exact) mass is 316 g/mol. The van der Waals surface area contributed by atoms with E-state index in [1.54, 1.807) is 16.7 Å². The van der Waals surface area contributed by atoms with Crippen molar-refractivity contribution in [1.29, 1.82) is 0 Å². The van der Waals surface area contributed by atoms with Crippen LogP contribution in [0.25, 0.3) is 0 Å². The number of carboxylic acid groups (broad SMARTS) is 1. The molecule has 0 bridgehead atoms. The zero-order chi connectivity index (χ0) is 16.0. The number of amides is 2. The topological polar surface area (TPSA) is 69.6 Å². The summed E-state index contributed by atoms with van der Waals surface area (Å²) in [6.45, 7) is 8.12. The highest BCUT2D eigenvalue weighted by Crippen LogP contribution is 2.34. The Morgan fingerprint density at radius 2 is 1.90 bits per heavy atom. The second-order valence-corrected chi connectivity index (χ2v) is 7.73. The summed E-state index contributed by atoms with van der Waals surface area (Å²) in [4.78, 5) is 25.1. The van der Waals surface area contributed by atoms with E-state index in [2.05, 4.69) is 26.1 Å². The molecule has 1 rings (SSSR count). The Hall–Kier alpha value is -0.910. The van der Waals surface area contributed by atoms with Gasteiger partial charge in [-0.05, 0) is 42.6 Å². The molecule has 122 valence electrons. The average Bonchev–Trinajstić information content (AvgIpc) is 2.42. The molecule has 1 fully saturated rings. The van der Waals surface area contributed by atoms with Crippen molar-refractivity contribution in [1.82, 2.24) is 10.2 Å². The summed E-state index contributed by atoms with van der Waals surface area (Å²) < 4.78 is 0. The summed E-state index contributed by atoms with van der Waals surface area (Å²) in [5.41, 5.74) is 0.268. The van der Waals surface area contributed by atoms with Gasteiger partial charge in [0.05, 0.1) is 0 Å². The summed E-state index contributed by atoms with van der Waals surface area (Å²) >= 11 is 1.58. The van der Waals surface area contributed by atoms with Gasteiger partial charge in [0.1, 0.15) is 6.04 Å². The summed E-state index contributed by atoms with van der Waals surface area (Å²) in [7, 11) is 0. The molecule has 1 aliphatic heterocycles. The minimum absolute atomic E-state index is 0.240. The fourth-order valence-electron chi connectivity index (χ4n) is 2.68. The van der Waals surface area contributed by atoms with Crippen molar-refractivity contribution in [2.75, 3.05) is 25.1 Å². The Kier molecular flexibility index (Phi) is 6.84. The molecule has 2 amide bonds. The molecule has 0 aromatic heterocycles. The van der Waals surface area contributed by atoms with Gasteiger partial charge >= 0.3 is 12.0 Å². The molecule has 1 heterocycles. The number of rotatable bonds is 5. The fourth-order valence-corrected chi connectivity index (χ4v) is 3.15. The standard InChI is InChI=1S/C15H28N2O3S/c1-15(2,3)11-5-8-17(9-6-11)14(20)16-12(13(18)19)7-10-21-4/h11-12H,5-10H2,1-4H3,(H,16,20)(H,18,19). The van der Waals surface area contributed by atoms with E-state index in [9.17, 15) is 9.59 Å². The largest absolute Gasteiger partial charge is 0.480 e. The van der Waals surface area contributed by atoms with E-state index in [0.29, 0.717) is 25.4 Å². The van der Waals surface area contributed by atoms with Crippen LogP contribution in [0.3, 0.4) is 0 Å². The van der Waals surface area contributed by atoms with Crippen LogP contribution in [-0.2, 0) is 4.79 Å². The van der Waals surface area contributed by atoms with E-state index in [4.69, 9.17) is 5.11 Å². The molecule has 0 aromatic carbocycles. The first-order valence-corrected chi connectivity index (χ1v) is 8.92. The van der Waals surface area contributed by atoms with E-state index in [0.717, 1.165) is 18.6 Å². The Bertz CT molecular complexity index is 360. The average molecular weight is 316 g/mol. The van der Waals surface area contributed by atoms with Crippen LogP contribution in [0.4, 0.5) is 4.79 Å². The highest BCUT2D eigenvalue weighted by molar-refractivity contribution is 7.98. The summed E-state index contributed by atoms with van der Waals surface area (Å²) in [6.07, 6.45) is 4.36. The van der Waals surface area contributed by atoms with Crippen LogP contribution in [0.1, 0.15) is 40.0 Å². The van der Waals surface area contributed by atoms with Crippen molar-refractivity contribution >= 4 is 23.8 Å². The summed E-state index contributed by atoms with van der Waals surface area (Å²) in [6, 6.07) is -1.03. The number of carbonyl (C=O) groups is 2. The minimum atomic E-state index is -0.957. The van der Waals surface area contributed by atoms with Gasteiger partial charge in [-0.15, -0.1) is 0 Å². The molecular formula is C15H28N2O3S. The van der Waals surface area contributed by atoms with E-state index in [1.807, 2.05) is 6.26 Å². The fraction of sp³-hybridized carbons (Fsp3) is 0.867. The first-order chi connectivity index (χ1) is 9.75. The van der Waals surface area contributed by atoms with Gasteiger partial charge in [0.2, 0.25) is 0 Å². The molecule has 1 aliphatic rings. The molecule has 0 radical (unpaired) electrons. The van der Waals surface area contributed by atoms with Crippen LogP contribution < -0.4 is 5.32 Å². The number of aliphatic carboxylic acids is 1. The smallest absolute Gasteiger partial charge is 0.326 e. The van der Waals surface area contributed by atoms with Crippen molar-refractivity contribution in [2.45, 2.75) is 46.1 Å². The quantitative estimate of drug-likeness (QED) is 0.818. The van der Waals surface area contributed by atoms with Gasteiger partial charge < -0.3 is 15.3 Å². The highest BCUT2D eigenvalue weighted by atomic mass is 32.2. The van der Waals surface area contributed by atoms with E-state index >= 15 is 0 Å². The zero-order valence-corrected chi connectivity index (χ0v) is 14.3. The first kappa shape index (κ1) is 18.1. The molecule has 1 unspecified atom stereocenters. The van der Waals surface area contributed by atoms with Gasteiger partial charge in [-0.25, -0.2) is 9.59 Å². The normalized spacial score (nSPS) is 18.4. The van der Waals surface area contributed by atoms with Crippen molar-refractivity contribution < 1.29 is 14.7 Å². The lowest BCUT2D eigenvalue weighted by Crippen LogP contribution is -2.51. The lowest BCUT2D eigenvalue weighted by molar-refractivity contribution is -0.139. The maximum Gasteiger partial charge on any atom is 0.326 e. The Morgan fingerprint density at radius 3 is 2.33 bits per heavy atom. The molecule has 2 N–H and O–H groups in total. The van der Waals surface area contributed by atoms with Crippen LogP contribution in [0.2, 0.25) is 0 Å². The van der Waals surface area contributed by atoms with Crippen LogP contribution >= 0.6 is 11.8 Å². The maximum atomic E-state index is 12.2. The van der Waals surface area contributed by atoms with Gasteiger partial charge in [0.15, 0.2) is 0 Å². The second kappa shape index (κ2) is 7.92. The summed E-state index contributed by atoms with van der Waals surface area (Å²) in [5, 5.41) is 11.8. The molecule has 1 atom stereocenters. The molecule has 6 heteroatoms. The van der Waals surface area contributed by atoms with Crippen LogP contribution in [0.15, 0.2) is 0 Å². The van der Waals surface area contributed by atoms with Crippen LogP contribution in [-0.4, -0.2) is 53.1 Å². The number of hydrogen-bond acceptors (Lipinski definition) is 3. The number of likely N-dealkylation sites (tertiary alicyclic amines) is 1. The number of nitrogens with one attached hydrogen (secondary N) is 1. The number of thioether (sulfide) groups is 1. The number of urea groups is 1. The van der Waals surface area contributed by atoms with Crippen LogP contribution in [0.5, 0.6) is 0 Å². The zero-order valence-electron chi connectivity index (χ0n) is 13.5. The van der Waals surface area contributed by atoms with E-state index < -0.39 is 12.0 Å². The van der Waals surface area contributed by atoms with E-state index in [-0.39, 0.29) is 11.4 Å². The molecule has 0 spiro atoms. The third kappa shape index (κ3) is 5.77. The van der Waals surface area contributed by atoms with Gasteiger partial charge in [0.25, 0.3) is 0 Å². The van der Waals surface area contributed by atoms with Crippen LogP contribution in [0, 0.1) is 11.3 Å². The maximum absolute atomic E-state index is 12.2. The SMILES string of the molecule is CSCCC(NC(=O)N1CCC(C(C)(C)C)CC1)C(=O)O. The molecular weight excluding hydrogens is 288 g/mol. The Labute approximate surface area is 131 Å². The molecule has 0 saturated carbocycles. The highest BCUT2D eigenvalue weighted by Gasteiger charge is 2.31. The van der Waals surface area contributed by atoms with Gasteiger partial charge in [-0.2, -0.15) is 11.8 Å². The molecule has 5 nitrogen and oxygen atoms in total. The Balaban J connectivity index is 2.47.